The Morgan fingerprint density at radius 3 is 2.46 bits per heavy atom. The third-order valence-electron chi connectivity index (χ3n) is 8.63. The van der Waals surface area contributed by atoms with Crippen molar-refractivity contribution in [3.05, 3.63) is 25.3 Å². The summed E-state index contributed by atoms with van der Waals surface area (Å²) in [5.41, 5.74) is -0.487. The summed E-state index contributed by atoms with van der Waals surface area (Å²) in [7, 11) is 0. The fraction of sp³-hybridized carbons (Fsp3) is 0.774. The summed E-state index contributed by atoms with van der Waals surface area (Å²) in [6.45, 7) is 21.4. The Morgan fingerprint density at radius 2 is 1.87 bits per heavy atom. The molecule has 3 rings (SSSR count). The molecule has 0 aromatic heterocycles. The van der Waals surface area contributed by atoms with Crippen LogP contribution in [0.1, 0.15) is 80.1 Å². The first-order chi connectivity index (χ1) is 18.3. The van der Waals surface area contributed by atoms with Gasteiger partial charge < -0.3 is 19.6 Å². The fourth-order valence-electron chi connectivity index (χ4n) is 7.51. The van der Waals surface area contributed by atoms with Crippen LogP contribution in [0.3, 0.4) is 0 Å². The molecule has 0 radical (unpaired) electrons. The number of carbonyl (C=O) groups is 3. The standard InChI is InChI=1S/C31H50N2O5S/c1-9-11-12-13-18-38-28(37)23-22-19-21(3)31(39-22)24(23)26(35)32(16-14-17-34)25(31)27(36)33(15-10-2)30(7,8)20-29(4,5)6/h9-10,21-25,34H,1-2,11-20H2,3-8H3/t21?,22-,23+,24-,25?,31?/m0/s1. The number of esters is 1. The van der Waals surface area contributed by atoms with Crippen molar-refractivity contribution in [3.63, 3.8) is 0 Å². The number of nitrogens with zero attached hydrogens (tertiary/aromatic N) is 2. The van der Waals surface area contributed by atoms with Gasteiger partial charge in [-0.1, -0.05) is 39.8 Å². The largest absolute Gasteiger partial charge is 0.465 e. The highest BCUT2D eigenvalue weighted by Gasteiger charge is 2.76. The SMILES string of the molecule is C=CCCCCOC(=O)[C@@H]1[C@@H]2CC(C)C3(S2)C(C(=O)N(CC=C)C(C)(C)CC(C)(C)C)N(CCCO)C(=O)[C@H]13. The fourth-order valence-corrected chi connectivity index (χ4v) is 9.92. The van der Waals surface area contributed by atoms with E-state index in [4.69, 9.17) is 4.74 Å². The molecular formula is C31H50N2O5S. The lowest BCUT2D eigenvalue weighted by molar-refractivity contribution is -0.154. The Balaban J connectivity index is 1.99. The highest BCUT2D eigenvalue weighted by atomic mass is 32.2. The van der Waals surface area contributed by atoms with Crippen LogP contribution >= 0.6 is 11.8 Å². The van der Waals surface area contributed by atoms with Crippen LogP contribution in [-0.2, 0) is 19.1 Å². The van der Waals surface area contributed by atoms with Crippen molar-refractivity contribution in [3.8, 4) is 0 Å². The molecule has 7 nitrogen and oxygen atoms in total. The van der Waals surface area contributed by atoms with E-state index in [-0.39, 0.29) is 47.5 Å². The second-order valence-electron chi connectivity index (χ2n) is 13.4. The molecule has 2 amide bonds. The molecule has 3 aliphatic heterocycles. The Kier molecular flexibility index (Phi) is 10.1. The predicted octanol–water partition coefficient (Wildman–Crippen LogP) is 4.83. The van der Waals surface area contributed by atoms with Crippen LogP contribution in [0, 0.1) is 23.2 Å². The molecule has 8 heteroatoms. The molecule has 3 fully saturated rings. The first-order valence-corrected chi connectivity index (χ1v) is 15.4. The lowest BCUT2D eigenvalue weighted by atomic mass is 9.66. The Bertz CT molecular complexity index is 944. The van der Waals surface area contributed by atoms with Crippen molar-refractivity contribution in [2.24, 2.45) is 23.2 Å². The summed E-state index contributed by atoms with van der Waals surface area (Å²) in [4.78, 5) is 45.8. The number of thioether (sulfide) groups is 1. The minimum Gasteiger partial charge on any atom is -0.465 e. The van der Waals surface area contributed by atoms with Crippen LogP contribution in [-0.4, -0.2) is 80.6 Å². The van der Waals surface area contributed by atoms with E-state index in [1.165, 1.54) is 0 Å². The molecular weight excluding hydrogens is 512 g/mol. The van der Waals surface area contributed by atoms with Gasteiger partial charge in [0, 0.05) is 30.5 Å². The molecule has 39 heavy (non-hydrogen) atoms. The summed E-state index contributed by atoms with van der Waals surface area (Å²) in [5, 5.41) is 9.60. The third kappa shape index (κ3) is 6.12. The molecule has 3 heterocycles. The quantitative estimate of drug-likeness (QED) is 0.185. The summed E-state index contributed by atoms with van der Waals surface area (Å²) in [6, 6.07) is -0.698. The molecule has 0 aliphatic carbocycles. The molecule has 3 unspecified atom stereocenters. The highest BCUT2D eigenvalue weighted by Crippen LogP contribution is 2.69. The molecule has 0 aromatic carbocycles. The van der Waals surface area contributed by atoms with Gasteiger partial charge in [0.05, 0.1) is 23.2 Å². The number of carbonyl (C=O) groups excluding carboxylic acids is 3. The van der Waals surface area contributed by atoms with Gasteiger partial charge >= 0.3 is 5.97 Å². The normalized spacial score (nSPS) is 29.9. The first kappa shape index (κ1) is 31.7. The van der Waals surface area contributed by atoms with Crippen LogP contribution in [0.15, 0.2) is 25.3 Å². The number of rotatable bonds is 14. The van der Waals surface area contributed by atoms with Gasteiger partial charge in [-0.3, -0.25) is 14.4 Å². The molecule has 2 bridgehead atoms. The van der Waals surface area contributed by atoms with E-state index >= 15 is 0 Å². The van der Waals surface area contributed by atoms with Crippen LogP contribution in [0.5, 0.6) is 0 Å². The predicted molar refractivity (Wildman–Crippen MR) is 157 cm³/mol. The number of unbranched alkanes of at least 4 members (excludes halogenated alkanes) is 2. The summed E-state index contributed by atoms with van der Waals surface area (Å²) in [6.07, 6.45) is 8.07. The Hall–Kier alpha value is -1.80. The zero-order chi connectivity index (χ0) is 29.2. The maximum absolute atomic E-state index is 14.7. The number of hydrogen-bond acceptors (Lipinski definition) is 6. The van der Waals surface area contributed by atoms with Crippen LogP contribution in [0.4, 0.5) is 0 Å². The van der Waals surface area contributed by atoms with E-state index in [0.29, 0.717) is 19.6 Å². The minimum absolute atomic E-state index is 0.0134. The lowest BCUT2D eigenvalue weighted by Crippen LogP contribution is -2.61. The molecule has 0 saturated carbocycles. The summed E-state index contributed by atoms with van der Waals surface area (Å²) < 4.78 is 5.02. The van der Waals surface area contributed by atoms with E-state index in [9.17, 15) is 19.5 Å². The maximum Gasteiger partial charge on any atom is 0.310 e. The van der Waals surface area contributed by atoms with E-state index in [1.807, 2.05) is 11.0 Å². The maximum atomic E-state index is 14.7. The van der Waals surface area contributed by atoms with Crippen molar-refractivity contribution < 1.29 is 24.2 Å². The van der Waals surface area contributed by atoms with Crippen molar-refractivity contribution in [1.29, 1.82) is 0 Å². The number of ether oxygens (including phenoxy) is 1. The van der Waals surface area contributed by atoms with E-state index in [0.717, 1.165) is 32.1 Å². The average Bonchev–Trinajstić information content (AvgIpc) is 3.42. The molecule has 3 aliphatic rings. The molecule has 220 valence electrons. The van der Waals surface area contributed by atoms with Crippen LogP contribution < -0.4 is 0 Å². The average molecular weight is 563 g/mol. The Morgan fingerprint density at radius 1 is 1.18 bits per heavy atom. The number of aliphatic hydroxyl groups is 1. The van der Waals surface area contributed by atoms with E-state index in [2.05, 4.69) is 54.7 Å². The van der Waals surface area contributed by atoms with Gasteiger partial charge in [-0.05, 0) is 63.7 Å². The second-order valence-corrected chi connectivity index (χ2v) is 14.9. The number of allylic oxidation sites excluding steroid dienone is 1. The lowest BCUT2D eigenvalue weighted by Gasteiger charge is -2.46. The molecule has 3 saturated heterocycles. The molecule has 1 spiro atoms. The number of likely N-dealkylation sites (tertiary alicyclic amines) is 1. The third-order valence-corrected chi connectivity index (χ3v) is 10.7. The topological polar surface area (TPSA) is 87.2 Å². The van der Waals surface area contributed by atoms with Crippen molar-refractivity contribution in [1.82, 2.24) is 9.80 Å². The summed E-state index contributed by atoms with van der Waals surface area (Å²) >= 11 is 1.67. The van der Waals surface area contributed by atoms with Gasteiger partial charge in [-0.2, -0.15) is 0 Å². The number of hydrogen-bond donors (Lipinski definition) is 1. The second kappa shape index (κ2) is 12.4. The van der Waals surface area contributed by atoms with Crippen molar-refractivity contribution in [2.75, 3.05) is 26.3 Å². The minimum atomic E-state index is -0.698. The molecule has 1 N–H and O–H groups in total. The van der Waals surface area contributed by atoms with Crippen molar-refractivity contribution in [2.45, 2.75) is 102 Å². The number of aliphatic hydroxyl groups excluding tert-OH is 1. The smallest absolute Gasteiger partial charge is 0.310 e. The zero-order valence-electron chi connectivity index (χ0n) is 24.9. The molecule has 0 aromatic rings. The van der Waals surface area contributed by atoms with Gasteiger partial charge in [0.15, 0.2) is 0 Å². The van der Waals surface area contributed by atoms with Gasteiger partial charge in [0.1, 0.15) is 6.04 Å². The monoisotopic (exact) mass is 562 g/mol. The number of fused-ring (bicyclic) bond motifs is 1. The molecule has 6 atom stereocenters. The van der Waals surface area contributed by atoms with E-state index in [1.54, 1.807) is 22.7 Å². The van der Waals surface area contributed by atoms with Gasteiger partial charge in [-0.15, -0.1) is 24.9 Å². The van der Waals surface area contributed by atoms with Crippen molar-refractivity contribution >= 4 is 29.5 Å². The highest BCUT2D eigenvalue weighted by molar-refractivity contribution is 8.02. The van der Waals surface area contributed by atoms with Gasteiger partial charge in [0.2, 0.25) is 11.8 Å². The summed E-state index contributed by atoms with van der Waals surface area (Å²) in [5.74, 6) is -1.61. The van der Waals surface area contributed by atoms with E-state index < -0.39 is 28.2 Å². The van der Waals surface area contributed by atoms with Gasteiger partial charge in [0.25, 0.3) is 0 Å². The first-order valence-electron chi connectivity index (χ1n) is 14.6. The number of amides is 2. The Labute approximate surface area is 239 Å². The zero-order valence-corrected chi connectivity index (χ0v) is 25.7. The van der Waals surface area contributed by atoms with Gasteiger partial charge in [-0.25, -0.2) is 0 Å². The van der Waals surface area contributed by atoms with Crippen LogP contribution in [0.2, 0.25) is 0 Å². The van der Waals surface area contributed by atoms with Crippen LogP contribution in [0.25, 0.3) is 0 Å².